The first-order valence-electron chi connectivity index (χ1n) is 8.22. The van der Waals surface area contributed by atoms with E-state index >= 15 is 0 Å². The number of anilines is 1. The van der Waals surface area contributed by atoms with Crippen molar-refractivity contribution in [1.82, 2.24) is 15.3 Å². The number of hydrogen-bond donors (Lipinski definition) is 2. The second-order valence-corrected chi connectivity index (χ2v) is 5.94. The summed E-state index contributed by atoms with van der Waals surface area (Å²) < 4.78 is 0. The zero-order valence-corrected chi connectivity index (χ0v) is 13.2. The topological polar surface area (TPSA) is 66.9 Å². The highest BCUT2D eigenvalue weighted by molar-refractivity contribution is 5.92. The van der Waals surface area contributed by atoms with E-state index in [-0.39, 0.29) is 5.91 Å². The van der Waals surface area contributed by atoms with Crippen molar-refractivity contribution < 1.29 is 4.79 Å². The molecule has 120 valence electrons. The molecule has 1 aromatic carbocycles. The third-order valence-electron chi connectivity index (χ3n) is 4.15. The van der Waals surface area contributed by atoms with Crippen molar-refractivity contribution >= 4 is 11.7 Å². The fraction of sp³-hybridized carbons (Fsp3) is 0.389. The fourth-order valence-corrected chi connectivity index (χ4v) is 2.89. The molecule has 3 rings (SSSR count). The zero-order chi connectivity index (χ0) is 15.9. The van der Waals surface area contributed by atoms with Gasteiger partial charge in [-0.1, -0.05) is 49.6 Å². The third kappa shape index (κ3) is 4.52. The number of hydrogen-bond acceptors (Lipinski definition) is 4. The molecule has 1 aliphatic rings. The number of nitrogens with one attached hydrogen (secondary N) is 2. The van der Waals surface area contributed by atoms with Crippen molar-refractivity contribution in [1.29, 1.82) is 0 Å². The SMILES string of the molecule is O=C(NCc1ccccc1)c1cc(NC2CCCCC2)ncn1. The van der Waals surface area contributed by atoms with E-state index in [2.05, 4.69) is 20.6 Å². The maximum absolute atomic E-state index is 12.2. The van der Waals surface area contributed by atoms with Gasteiger partial charge in [0, 0.05) is 18.7 Å². The average Bonchev–Trinajstić information content (AvgIpc) is 2.62. The number of aromatic nitrogens is 2. The molecule has 0 saturated heterocycles. The summed E-state index contributed by atoms with van der Waals surface area (Å²) in [6.07, 6.45) is 7.61. The van der Waals surface area contributed by atoms with Crippen LogP contribution in [0.3, 0.4) is 0 Å². The van der Waals surface area contributed by atoms with Crippen LogP contribution in [0.1, 0.15) is 48.2 Å². The Balaban J connectivity index is 1.58. The first-order valence-corrected chi connectivity index (χ1v) is 8.22. The summed E-state index contributed by atoms with van der Waals surface area (Å²) in [5.74, 6) is 0.555. The lowest BCUT2D eigenvalue weighted by Crippen LogP contribution is -2.25. The molecule has 1 aromatic heterocycles. The lowest BCUT2D eigenvalue weighted by molar-refractivity contribution is 0.0946. The van der Waals surface area contributed by atoms with Gasteiger partial charge in [0.2, 0.25) is 0 Å². The van der Waals surface area contributed by atoms with Gasteiger partial charge in [0.25, 0.3) is 5.91 Å². The predicted molar refractivity (Wildman–Crippen MR) is 90.1 cm³/mol. The zero-order valence-electron chi connectivity index (χ0n) is 13.2. The van der Waals surface area contributed by atoms with Crippen molar-refractivity contribution in [3.8, 4) is 0 Å². The smallest absolute Gasteiger partial charge is 0.270 e. The Morgan fingerprint density at radius 2 is 1.87 bits per heavy atom. The van der Waals surface area contributed by atoms with Gasteiger partial charge in [0.1, 0.15) is 17.8 Å². The third-order valence-corrected chi connectivity index (χ3v) is 4.15. The quantitative estimate of drug-likeness (QED) is 0.890. The van der Waals surface area contributed by atoms with E-state index in [0.29, 0.717) is 18.3 Å². The largest absolute Gasteiger partial charge is 0.367 e. The maximum Gasteiger partial charge on any atom is 0.270 e. The van der Waals surface area contributed by atoms with Crippen LogP contribution in [0.15, 0.2) is 42.7 Å². The summed E-state index contributed by atoms with van der Waals surface area (Å²) in [5.41, 5.74) is 1.46. The van der Waals surface area contributed by atoms with Gasteiger partial charge >= 0.3 is 0 Å². The molecule has 0 radical (unpaired) electrons. The number of amides is 1. The Morgan fingerprint density at radius 3 is 2.65 bits per heavy atom. The molecule has 5 nitrogen and oxygen atoms in total. The molecule has 2 aromatic rings. The Bertz CT molecular complexity index is 638. The molecule has 1 amide bonds. The van der Waals surface area contributed by atoms with Crippen LogP contribution in [0.5, 0.6) is 0 Å². The summed E-state index contributed by atoms with van der Waals surface area (Å²) in [6.45, 7) is 0.495. The van der Waals surface area contributed by atoms with E-state index in [0.717, 1.165) is 11.4 Å². The van der Waals surface area contributed by atoms with Gasteiger partial charge in [-0.3, -0.25) is 4.79 Å². The van der Waals surface area contributed by atoms with Crippen LogP contribution >= 0.6 is 0 Å². The highest BCUT2D eigenvalue weighted by atomic mass is 16.1. The van der Waals surface area contributed by atoms with Crippen LogP contribution in [-0.2, 0) is 6.54 Å². The molecule has 1 fully saturated rings. The normalized spacial score (nSPS) is 15.1. The molecule has 2 N–H and O–H groups in total. The van der Waals surface area contributed by atoms with Crippen molar-refractivity contribution in [2.75, 3.05) is 5.32 Å². The number of carbonyl (C=O) groups is 1. The molecule has 5 heteroatoms. The average molecular weight is 310 g/mol. The van der Waals surface area contributed by atoms with Gasteiger partial charge in [-0.05, 0) is 18.4 Å². The van der Waals surface area contributed by atoms with Crippen LogP contribution < -0.4 is 10.6 Å². The Labute approximate surface area is 136 Å². The molecule has 0 spiro atoms. The van der Waals surface area contributed by atoms with E-state index in [1.54, 1.807) is 6.07 Å². The Morgan fingerprint density at radius 1 is 1.09 bits per heavy atom. The number of rotatable bonds is 5. The molecule has 0 unspecified atom stereocenters. The lowest BCUT2D eigenvalue weighted by atomic mass is 9.95. The minimum Gasteiger partial charge on any atom is -0.367 e. The summed E-state index contributed by atoms with van der Waals surface area (Å²) in [5, 5.41) is 6.31. The van der Waals surface area contributed by atoms with Crippen LogP contribution in [-0.4, -0.2) is 21.9 Å². The molecule has 0 bridgehead atoms. The summed E-state index contributed by atoms with van der Waals surface area (Å²) in [7, 11) is 0. The van der Waals surface area contributed by atoms with Gasteiger partial charge < -0.3 is 10.6 Å². The first kappa shape index (κ1) is 15.5. The van der Waals surface area contributed by atoms with E-state index in [4.69, 9.17) is 0 Å². The van der Waals surface area contributed by atoms with Gasteiger partial charge in [-0.2, -0.15) is 0 Å². The lowest BCUT2D eigenvalue weighted by Gasteiger charge is -2.23. The summed E-state index contributed by atoms with van der Waals surface area (Å²) >= 11 is 0. The minimum absolute atomic E-state index is 0.178. The molecular weight excluding hydrogens is 288 g/mol. The molecule has 0 aliphatic heterocycles. The minimum atomic E-state index is -0.178. The van der Waals surface area contributed by atoms with E-state index in [1.165, 1.54) is 38.4 Å². The van der Waals surface area contributed by atoms with E-state index in [1.807, 2.05) is 30.3 Å². The second kappa shape index (κ2) is 7.72. The Kier molecular flexibility index (Phi) is 5.19. The van der Waals surface area contributed by atoms with Crippen LogP contribution in [0.25, 0.3) is 0 Å². The number of carbonyl (C=O) groups excluding carboxylic acids is 1. The van der Waals surface area contributed by atoms with Gasteiger partial charge in [0.05, 0.1) is 0 Å². The van der Waals surface area contributed by atoms with Crippen molar-refractivity contribution in [3.05, 3.63) is 54.0 Å². The van der Waals surface area contributed by atoms with Crippen LogP contribution in [0.4, 0.5) is 5.82 Å². The standard InChI is InChI=1S/C18H22N4O/c23-18(19-12-14-7-3-1-4-8-14)16-11-17(21-13-20-16)22-15-9-5-2-6-10-15/h1,3-4,7-8,11,13,15H,2,5-6,9-10,12H2,(H,19,23)(H,20,21,22). The first-order chi connectivity index (χ1) is 11.3. The van der Waals surface area contributed by atoms with Crippen molar-refractivity contribution in [2.45, 2.75) is 44.7 Å². The van der Waals surface area contributed by atoms with Gasteiger partial charge in [-0.25, -0.2) is 9.97 Å². The Hall–Kier alpha value is -2.43. The van der Waals surface area contributed by atoms with Gasteiger partial charge in [0.15, 0.2) is 0 Å². The summed E-state index contributed by atoms with van der Waals surface area (Å²) in [6, 6.07) is 12.0. The molecule has 1 heterocycles. The molecule has 23 heavy (non-hydrogen) atoms. The molecule has 0 atom stereocenters. The maximum atomic E-state index is 12.2. The number of nitrogens with zero attached hydrogens (tertiary/aromatic N) is 2. The predicted octanol–water partition coefficient (Wildman–Crippen LogP) is 3.15. The number of benzene rings is 1. The van der Waals surface area contributed by atoms with Crippen LogP contribution in [0.2, 0.25) is 0 Å². The second-order valence-electron chi connectivity index (χ2n) is 5.94. The summed E-state index contributed by atoms with van der Waals surface area (Å²) in [4.78, 5) is 20.5. The molecule has 1 aliphatic carbocycles. The monoisotopic (exact) mass is 310 g/mol. The van der Waals surface area contributed by atoms with Crippen molar-refractivity contribution in [3.63, 3.8) is 0 Å². The molecule has 1 saturated carbocycles. The van der Waals surface area contributed by atoms with E-state index in [9.17, 15) is 4.79 Å². The highest BCUT2D eigenvalue weighted by Crippen LogP contribution is 2.20. The van der Waals surface area contributed by atoms with Crippen LogP contribution in [0, 0.1) is 0 Å². The van der Waals surface area contributed by atoms with E-state index < -0.39 is 0 Å². The fourth-order valence-electron chi connectivity index (χ4n) is 2.89. The van der Waals surface area contributed by atoms with Crippen molar-refractivity contribution in [2.24, 2.45) is 0 Å². The molecular formula is C18H22N4O. The van der Waals surface area contributed by atoms with Gasteiger partial charge in [-0.15, -0.1) is 0 Å². The highest BCUT2D eigenvalue weighted by Gasteiger charge is 2.15.